The molecule has 0 radical (unpaired) electrons. The van der Waals surface area contributed by atoms with Gasteiger partial charge in [0.1, 0.15) is 11.6 Å². The highest BCUT2D eigenvalue weighted by molar-refractivity contribution is 7.99. The van der Waals surface area contributed by atoms with Gasteiger partial charge in [0.2, 0.25) is 0 Å². The maximum atomic E-state index is 13.7. The third kappa shape index (κ3) is 6.40. The van der Waals surface area contributed by atoms with Crippen molar-refractivity contribution in [2.75, 3.05) is 5.75 Å². The van der Waals surface area contributed by atoms with E-state index in [1.165, 1.54) is 47.1 Å². The molecule has 43 heavy (non-hydrogen) atoms. The predicted octanol–water partition coefficient (Wildman–Crippen LogP) is 6.01. The molecule has 8 nitrogen and oxygen atoms in total. The summed E-state index contributed by atoms with van der Waals surface area (Å²) in [5.41, 5.74) is 2.53. The molecule has 2 amide bonds. The number of aromatic nitrogens is 3. The molecule has 1 atom stereocenters. The SMILES string of the molecule is O=C(NCc1nnc(SCC(=O)N2N=C(c3cccs3)C[C@H]2c2ccc(F)cc2)n1-c1ccccc1)c1cccc(F)c1. The average molecular weight is 615 g/mol. The Balaban J connectivity index is 1.22. The molecule has 5 aromatic rings. The van der Waals surface area contributed by atoms with Gasteiger partial charge in [-0.1, -0.05) is 54.2 Å². The number of carbonyl (C=O) groups is 2. The quantitative estimate of drug-likeness (QED) is 0.206. The van der Waals surface area contributed by atoms with E-state index in [0.29, 0.717) is 17.4 Å². The van der Waals surface area contributed by atoms with E-state index < -0.39 is 11.7 Å². The Labute approximate surface area is 254 Å². The van der Waals surface area contributed by atoms with Crippen LogP contribution in [-0.4, -0.2) is 43.1 Å². The minimum atomic E-state index is -0.505. The van der Waals surface area contributed by atoms with Crippen LogP contribution in [0.1, 0.15) is 39.1 Å². The number of thioether (sulfide) groups is 1. The zero-order valence-corrected chi connectivity index (χ0v) is 24.2. The van der Waals surface area contributed by atoms with Gasteiger partial charge in [-0.3, -0.25) is 14.2 Å². The van der Waals surface area contributed by atoms with E-state index in [-0.39, 0.29) is 35.6 Å². The lowest BCUT2D eigenvalue weighted by Crippen LogP contribution is -2.28. The lowest BCUT2D eigenvalue weighted by Gasteiger charge is -2.22. The second kappa shape index (κ2) is 12.7. The normalized spacial score (nSPS) is 14.5. The average Bonchev–Trinajstić information content (AvgIpc) is 3.80. The lowest BCUT2D eigenvalue weighted by molar-refractivity contribution is -0.130. The van der Waals surface area contributed by atoms with Crippen molar-refractivity contribution in [1.29, 1.82) is 0 Å². The number of carbonyl (C=O) groups excluding carboxylic acids is 2. The number of benzene rings is 3. The minimum Gasteiger partial charge on any atom is -0.345 e. The second-order valence-corrected chi connectivity index (χ2v) is 11.5. The van der Waals surface area contributed by atoms with Crippen molar-refractivity contribution in [2.45, 2.75) is 24.2 Å². The van der Waals surface area contributed by atoms with Crippen molar-refractivity contribution >= 4 is 40.6 Å². The number of hydrogen-bond acceptors (Lipinski definition) is 7. The summed E-state index contributed by atoms with van der Waals surface area (Å²) in [6.07, 6.45) is 0.512. The first-order valence-electron chi connectivity index (χ1n) is 13.3. The number of rotatable bonds is 9. The van der Waals surface area contributed by atoms with E-state index in [9.17, 15) is 18.4 Å². The molecule has 3 aromatic carbocycles. The zero-order chi connectivity index (χ0) is 29.8. The third-order valence-corrected chi connectivity index (χ3v) is 8.59. The first-order valence-corrected chi connectivity index (χ1v) is 15.2. The van der Waals surface area contributed by atoms with Crippen LogP contribution in [0.2, 0.25) is 0 Å². The molecule has 0 saturated carbocycles. The number of thiophene rings is 1. The van der Waals surface area contributed by atoms with Crippen LogP contribution in [0.5, 0.6) is 0 Å². The molecule has 0 aliphatic carbocycles. The maximum absolute atomic E-state index is 13.7. The third-order valence-electron chi connectivity index (χ3n) is 6.76. The fourth-order valence-electron chi connectivity index (χ4n) is 4.70. The van der Waals surface area contributed by atoms with Crippen molar-refractivity contribution in [3.8, 4) is 5.69 Å². The van der Waals surface area contributed by atoms with Crippen molar-refractivity contribution < 1.29 is 18.4 Å². The van der Waals surface area contributed by atoms with Crippen LogP contribution >= 0.6 is 23.1 Å². The van der Waals surface area contributed by atoms with Crippen molar-refractivity contribution in [2.24, 2.45) is 5.10 Å². The summed E-state index contributed by atoms with van der Waals surface area (Å²) in [6, 6.07) is 24.4. The number of hydrogen-bond donors (Lipinski definition) is 1. The Hall–Kier alpha value is -4.68. The number of hydrazone groups is 1. The highest BCUT2D eigenvalue weighted by atomic mass is 32.2. The summed E-state index contributed by atoms with van der Waals surface area (Å²) in [5, 5.41) is 19.9. The molecule has 2 aromatic heterocycles. The largest absolute Gasteiger partial charge is 0.345 e. The summed E-state index contributed by atoms with van der Waals surface area (Å²) in [5.74, 6) is -1.09. The van der Waals surface area contributed by atoms with Gasteiger partial charge < -0.3 is 5.32 Å². The smallest absolute Gasteiger partial charge is 0.253 e. The molecule has 0 saturated heterocycles. The van der Waals surface area contributed by atoms with Gasteiger partial charge in [-0.05, 0) is 59.5 Å². The van der Waals surface area contributed by atoms with E-state index in [1.54, 1.807) is 28.0 Å². The Bertz CT molecular complexity index is 1780. The number of para-hydroxylation sites is 1. The van der Waals surface area contributed by atoms with Gasteiger partial charge >= 0.3 is 0 Å². The van der Waals surface area contributed by atoms with Crippen LogP contribution in [0.4, 0.5) is 8.78 Å². The van der Waals surface area contributed by atoms with Gasteiger partial charge in [-0.15, -0.1) is 21.5 Å². The van der Waals surface area contributed by atoms with Crippen LogP contribution in [0.3, 0.4) is 0 Å². The van der Waals surface area contributed by atoms with Crippen molar-refractivity contribution in [3.05, 3.63) is 130 Å². The van der Waals surface area contributed by atoms with Gasteiger partial charge in [-0.2, -0.15) is 5.10 Å². The predicted molar refractivity (Wildman–Crippen MR) is 161 cm³/mol. The lowest BCUT2D eigenvalue weighted by atomic mass is 10.0. The molecule has 0 bridgehead atoms. The highest BCUT2D eigenvalue weighted by Gasteiger charge is 2.33. The fraction of sp³-hybridized carbons (Fsp3) is 0.129. The molecule has 12 heteroatoms. The Morgan fingerprint density at radius 2 is 1.74 bits per heavy atom. The maximum Gasteiger partial charge on any atom is 0.253 e. The Morgan fingerprint density at radius 3 is 2.49 bits per heavy atom. The zero-order valence-electron chi connectivity index (χ0n) is 22.6. The number of nitrogens with one attached hydrogen (secondary N) is 1. The molecule has 0 fully saturated rings. The molecule has 0 unspecified atom stereocenters. The van der Waals surface area contributed by atoms with Gasteiger partial charge in [0.15, 0.2) is 11.0 Å². The fourth-order valence-corrected chi connectivity index (χ4v) is 6.25. The van der Waals surface area contributed by atoms with Crippen LogP contribution < -0.4 is 5.32 Å². The van der Waals surface area contributed by atoms with E-state index in [4.69, 9.17) is 0 Å². The molecule has 216 valence electrons. The molecule has 3 heterocycles. The topological polar surface area (TPSA) is 92.5 Å². The summed E-state index contributed by atoms with van der Waals surface area (Å²) >= 11 is 2.75. The van der Waals surface area contributed by atoms with E-state index in [0.717, 1.165) is 27.9 Å². The Kier molecular flexibility index (Phi) is 8.38. The molecule has 0 spiro atoms. The van der Waals surface area contributed by atoms with Gasteiger partial charge in [-0.25, -0.2) is 13.8 Å². The van der Waals surface area contributed by atoms with Gasteiger partial charge in [0.05, 0.1) is 28.9 Å². The van der Waals surface area contributed by atoms with Crippen molar-refractivity contribution in [1.82, 2.24) is 25.1 Å². The summed E-state index contributed by atoms with van der Waals surface area (Å²) in [4.78, 5) is 27.2. The first-order chi connectivity index (χ1) is 21.0. The summed E-state index contributed by atoms with van der Waals surface area (Å²) in [7, 11) is 0. The van der Waals surface area contributed by atoms with Crippen LogP contribution in [-0.2, 0) is 11.3 Å². The number of nitrogens with zero attached hydrogens (tertiary/aromatic N) is 5. The highest BCUT2D eigenvalue weighted by Crippen LogP contribution is 2.35. The van der Waals surface area contributed by atoms with Crippen molar-refractivity contribution in [3.63, 3.8) is 0 Å². The Morgan fingerprint density at radius 1 is 0.930 bits per heavy atom. The number of halogens is 2. The van der Waals surface area contributed by atoms with E-state index in [2.05, 4.69) is 20.6 Å². The van der Waals surface area contributed by atoms with Crippen LogP contribution in [0.15, 0.2) is 107 Å². The molecule has 1 aliphatic rings. The minimum absolute atomic E-state index is 0.0134. The molecule has 6 rings (SSSR count). The molecule has 1 N–H and O–H groups in total. The standard InChI is InChI=1S/C31H24F2N6O2S2/c32-22-13-11-20(12-14-22)26-17-25(27-10-5-15-42-27)37-39(26)29(40)19-43-31-36-35-28(38(31)24-8-2-1-3-9-24)18-34-30(41)21-6-4-7-23(33)16-21/h1-16,26H,17-19H2,(H,34,41)/t26-/m0/s1. The number of amides is 2. The van der Waals surface area contributed by atoms with E-state index in [1.807, 2.05) is 47.8 Å². The first kappa shape index (κ1) is 28.4. The van der Waals surface area contributed by atoms with Crippen LogP contribution in [0, 0.1) is 11.6 Å². The van der Waals surface area contributed by atoms with Crippen LogP contribution in [0.25, 0.3) is 5.69 Å². The molecular weight excluding hydrogens is 591 g/mol. The van der Waals surface area contributed by atoms with Gasteiger partial charge in [0.25, 0.3) is 11.8 Å². The molecular formula is C31H24F2N6O2S2. The summed E-state index contributed by atoms with van der Waals surface area (Å²) < 4.78 is 29.0. The van der Waals surface area contributed by atoms with Gasteiger partial charge in [0, 0.05) is 17.7 Å². The monoisotopic (exact) mass is 614 g/mol. The molecule has 1 aliphatic heterocycles. The second-order valence-electron chi connectivity index (χ2n) is 9.59. The van der Waals surface area contributed by atoms with E-state index >= 15 is 0 Å². The summed E-state index contributed by atoms with van der Waals surface area (Å²) in [6.45, 7) is 0.0268.